The van der Waals surface area contributed by atoms with Crippen LogP contribution in [0.3, 0.4) is 0 Å². The summed E-state index contributed by atoms with van der Waals surface area (Å²) >= 11 is 7.10. The summed E-state index contributed by atoms with van der Waals surface area (Å²) in [4.78, 5) is 0. The van der Waals surface area contributed by atoms with Crippen LogP contribution in [0.5, 0.6) is 11.5 Å². The van der Waals surface area contributed by atoms with Crippen molar-refractivity contribution in [1.82, 2.24) is 0 Å². The number of halogens is 2. The predicted molar refractivity (Wildman–Crippen MR) is 83.0 cm³/mol. The molecule has 0 spiro atoms. The van der Waals surface area contributed by atoms with Gasteiger partial charge in [0.1, 0.15) is 0 Å². The maximum absolute atomic E-state index is 6.00. The number of alkyl halides is 1. The topological polar surface area (TPSA) is 18.5 Å². The molecule has 0 saturated carbocycles. The molecule has 1 aromatic carbocycles. The molecule has 2 nitrogen and oxygen atoms in total. The van der Waals surface area contributed by atoms with Gasteiger partial charge in [-0.15, -0.1) is 0 Å². The second-order valence-corrected chi connectivity index (χ2v) is 5.82. The number of para-hydroxylation sites is 1. The van der Waals surface area contributed by atoms with Crippen LogP contribution in [0.2, 0.25) is 0 Å². The van der Waals surface area contributed by atoms with Gasteiger partial charge in [0, 0.05) is 10.7 Å². The molecule has 0 radical (unpaired) electrons. The lowest BCUT2D eigenvalue weighted by Gasteiger charge is -2.29. The van der Waals surface area contributed by atoms with Gasteiger partial charge in [-0.25, -0.2) is 0 Å². The minimum atomic E-state index is 0.181. The molecular weight excluding hydrogens is 360 g/mol. The van der Waals surface area contributed by atoms with E-state index >= 15 is 0 Å². The Hall–Kier alpha value is -0.220. The zero-order valence-electron chi connectivity index (χ0n) is 11.1. The summed E-state index contributed by atoms with van der Waals surface area (Å²) in [5.74, 6) is 1.55. The maximum Gasteiger partial charge on any atom is 0.175 e. The Morgan fingerprint density at radius 1 is 1.22 bits per heavy atom. The van der Waals surface area contributed by atoms with Crippen LogP contribution in [0.15, 0.2) is 22.7 Å². The average Bonchev–Trinajstić information content (AvgIpc) is 2.42. The molecule has 0 bridgehead atoms. The van der Waals surface area contributed by atoms with Gasteiger partial charge in [-0.05, 0) is 40.9 Å². The van der Waals surface area contributed by atoms with Crippen molar-refractivity contribution in [3.63, 3.8) is 0 Å². The van der Waals surface area contributed by atoms with Gasteiger partial charge in [0.05, 0.1) is 18.2 Å². The molecule has 102 valence electrons. The summed E-state index contributed by atoms with van der Waals surface area (Å²) in [5.41, 5.74) is 0.181. The van der Waals surface area contributed by atoms with E-state index < -0.39 is 0 Å². The van der Waals surface area contributed by atoms with Gasteiger partial charge >= 0.3 is 0 Å². The number of hydrogen-bond donors (Lipinski definition) is 0. The van der Waals surface area contributed by atoms with Crippen molar-refractivity contribution in [2.24, 2.45) is 5.41 Å². The third-order valence-corrected chi connectivity index (χ3v) is 5.27. The predicted octanol–water partition coefficient (Wildman–Crippen LogP) is 5.04. The average molecular weight is 380 g/mol. The monoisotopic (exact) mass is 378 g/mol. The van der Waals surface area contributed by atoms with E-state index in [0.717, 1.165) is 34.1 Å². The molecule has 0 aliphatic heterocycles. The van der Waals surface area contributed by atoms with Crippen molar-refractivity contribution < 1.29 is 9.47 Å². The first-order valence-electron chi connectivity index (χ1n) is 6.13. The second kappa shape index (κ2) is 7.39. The first-order chi connectivity index (χ1) is 8.62. The molecule has 0 N–H and O–H groups in total. The highest BCUT2D eigenvalue weighted by Crippen LogP contribution is 2.37. The number of hydrogen-bond acceptors (Lipinski definition) is 2. The molecule has 0 fully saturated rings. The van der Waals surface area contributed by atoms with Gasteiger partial charge in [-0.2, -0.15) is 0 Å². The van der Waals surface area contributed by atoms with Crippen molar-refractivity contribution >= 4 is 31.9 Å². The summed E-state index contributed by atoms with van der Waals surface area (Å²) in [7, 11) is 1.66. The Labute approximate surface area is 126 Å². The van der Waals surface area contributed by atoms with Crippen LogP contribution in [0.25, 0.3) is 0 Å². The van der Waals surface area contributed by atoms with Crippen LogP contribution in [-0.4, -0.2) is 19.0 Å². The Morgan fingerprint density at radius 3 is 2.39 bits per heavy atom. The standard InChI is InChI=1S/C14H20Br2O2/c1-4-14(5-2,9-15)10-18-13-11(16)7-6-8-12(13)17-3/h6-8H,4-5,9-10H2,1-3H3. The summed E-state index contributed by atoms with van der Waals surface area (Å²) in [6.07, 6.45) is 2.17. The highest BCUT2D eigenvalue weighted by atomic mass is 79.9. The van der Waals surface area contributed by atoms with Crippen LogP contribution < -0.4 is 9.47 Å². The van der Waals surface area contributed by atoms with Crippen LogP contribution in [0.1, 0.15) is 26.7 Å². The Bertz CT molecular complexity index is 368. The fourth-order valence-corrected chi connectivity index (χ4v) is 3.11. The smallest absolute Gasteiger partial charge is 0.175 e. The molecular formula is C14H20Br2O2. The normalized spacial score (nSPS) is 11.4. The molecule has 0 aliphatic rings. The molecule has 1 aromatic rings. The molecule has 0 atom stereocenters. The first kappa shape index (κ1) is 15.8. The van der Waals surface area contributed by atoms with E-state index in [4.69, 9.17) is 9.47 Å². The van der Waals surface area contributed by atoms with E-state index in [0.29, 0.717) is 6.61 Å². The third kappa shape index (κ3) is 3.64. The van der Waals surface area contributed by atoms with E-state index in [1.807, 2.05) is 18.2 Å². The molecule has 1 rings (SSSR count). The molecule has 0 aromatic heterocycles. The highest BCUT2D eigenvalue weighted by Gasteiger charge is 2.26. The van der Waals surface area contributed by atoms with Crippen molar-refractivity contribution in [3.05, 3.63) is 22.7 Å². The van der Waals surface area contributed by atoms with Crippen molar-refractivity contribution in [3.8, 4) is 11.5 Å². The summed E-state index contributed by atoms with van der Waals surface area (Å²) in [6.45, 7) is 5.08. The first-order valence-corrected chi connectivity index (χ1v) is 8.05. The lowest BCUT2D eigenvalue weighted by atomic mass is 9.86. The van der Waals surface area contributed by atoms with Gasteiger partial charge in [0.15, 0.2) is 11.5 Å². The maximum atomic E-state index is 6.00. The van der Waals surface area contributed by atoms with Gasteiger partial charge in [-0.1, -0.05) is 35.8 Å². The Kier molecular flexibility index (Phi) is 6.50. The number of ether oxygens (including phenoxy) is 2. The van der Waals surface area contributed by atoms with Gasteiger partial charge in [0.25, 0.3) is 0 Å². The second-order valence-electron chi connectivity index (χ2n) is 4.40. The largest absolute Gasteiger partial charge is 0.493 e. The van der Waals surface area contributed by atoms with E-state index in [-0.39, 0.29) is 5.41 Å². The summed E-state index contributed by atoms with van der Waals surface area (Å²) in [6, 6.07) is 5.81. The fourth-order valence-electron chi connectivity index (χ4n) is 1.70. The van der Waals surface area contributed by atoms with Gasteiger partial charge < -0.3 is 9.47 Å². The molecule has 0 amide bonds. The zero-order chi connectivity index (χ0) is 13.6. The van der Waals surface area contributed by atoms with Gasteiger partial charge in [-0.3, -0.25) is 0 Å². The van der Waals surface area contributed by atoms with Crippen LogP contribution in [0, 0.1) is 5.41 Å². The highest BCUT2D eigenvalue weighted by molar-refractivity contribution is 9.10. The van der Waals surface area contributed by atoms with E-state index in [1.165, 1.54) is 0 Å². The van der Waals surface area contributed by atoms with Crippen molar-refractivity contribution in [2.75, 3.05) is 19.0 Å². The SMILES string of the molecule is CCC(CC)(CBr)COc1c(Br)cccc1OC. The van der Waals surface area contributed by atoms with E-state index in [9.17, 15) is 0 Å². The molecule has 0 unspecified atom stereocenters. The summed E-state index contributed by atoms with van der Waals surface area (Å²) < 4.78 is 12.2. The number of methoxy groups -OCH3 is 1. The lowest BCUT2D eigenvalue weighted by molar-refractivity contribution is 0.153. The lowest BCUT2D eigenvalue weighted by Crippen LogP contribution is -2.29. The van der Waals surface area contributed by atoms with Gasteiger partial charge in [0.2, 0.25) is 0 Å². The number of rotatable bonds is 7. The Morgan fingerprint density at radius 2 is 1.89 bits per heavy atom. The fraction of sp³-hybridized carbons (Fsp3) is 0.571. The Balaban J connectivity index is 2.85. The molecule has 0 aliphatic carbocycles. The third-order valence-electron chi connectivity index (χ3n) is 3.46. The molecule has 4 heteroatoms. The quantitative estimate of drug-likeness (QED) is 0.618. The molecule has 0 heterocycles. The van der Waals surface area contributed by atoms with Crippen molar-refractivity contribution in [2.45, 2.75) is 26.7 Å². The van der Waals surface area contributed by atoms with Crippen LogP contribution in [-0.2, 0) is 0 Å². The minimum Gasteiger partial charge on any atom is -0.493 e. The summed E-state index contributed by atoms with van der Waals surface area (Å²) in [5, 5.41) is 0.944. The van der Waals surface area contributed by atoms with Crippen LogP contribution >= 0.6 is 31.9 Å². The zero-order valence-corrected chi connectivity index (χ0v) is 14.3. The minimum absolute atomic E-state index is 0.181. The number of benzene rings is 1. The van der Waals surface area contributed by atoms with E-state index in [1.54, 1.807) is 7.11 Å². The molecule has 18 heavy (non-hydrogen) atoms. The molecule has 0 saturated heterocycles. The van der Waals surface area contributed by atoms with E-state index in [2.05, 4.69) is 45.7 Å². The van der Waals surface area contributed by atoms with Crippen molar-refractivity contribution in [1.29, 1.82) is 0 Å². The van der Waals surface area contributed by atoms with Crippen LogP contribution in [0.4, 0.5) is 0 Å².